The van der Waals surface area contributed by atoms with Crippen LogP contribution in [0.25, 0.3) is 22.8 Å². The molecule has 1 aliphatic heterocycles. The number of hydrogen-bond donors (Lipinski definition) is 1. The second-order valence-electron chi connectivity index (χ2n) is 7.93. The predicted molar refractivity (Wildman–Crippen MR) is 124 cm³/mol. The summed E-state index contributed by atoms with van der Waals surface area (Å²) in [5.74, 6) is 1.51. The topological polar surface area (TPSA) is 93.4 Å². The number of likely N-dealkylation sites (tertiary alicyclic amines) is 1. The molecule has 8 nitrogen and oxygen atoms in total. The van der Waals surface area contributed by atoms with Crippen molar-refractivity contribution in [1.82, 2.24) is 20.0 Å². The maximum Gasteiger partial charge on any atom is 0.321 e. The Morgan fingerprint density at radius 2 is 1.97 bits per heavy atom. The number of carbonyl (C=O) groups excluding carboxylic acids is 1. The van der Waals surface area contributed by atoms with E-state index in [1.807, 2.05) is 67.6 Å². The fourth-order valence-corrected chi connectivity index (χ4v) is 3.81. The average Bonchev–Trinajstić information content (AvgIpc) is 3.50. The monoisotopic (exact) mass is 441 g/mol. The van der Waals surface area contributed by atoms with E-state index in [2.05, 4.69) is 20.4 Å². The summed E-state index contributed by atoms with van der Waals surface area (Å²) in [4.78, 5) is 23.0. The molecule has 0 saturated carbocycles. The lowest BCUT2D eigenvalue weighted by molar-refractivity contribution is 0.195. The van der Waals surface area contributed by atoms with E-state index in [1.165, 1.54) is 0 Å². The van der Waals surface area contributed by atoms with Gasteiger partial charge in [0.2, 0.25) is 5.82 Å². The van der Waals surface area contributed by atoms with Crippen molar-refractivity contribution in [2.45, 2.75) is 19.4 Å². The van der Waals surface area contributed by atoms with E-state index in [0.717, 1.165) is 23.2 Å². The molecule has 0 radical (unpaired) electrons. The summed E-state index contributed by atoms with van der Waals surface area (Å²) in [6.45, 7) is 3.12. The molecule has 2 aromatic carbocycles. The first-order chi connectivity index (χ1) is 16.2. The van der Waals surface area contributed by atoms with Crippen molar-refractivity contribution in [1.29, 1.82) is 0 Å². The minimum atomic E-state index is -0.128. The molecule has 1 unspecified atom stereocenters. The number of urea groups is 1. The van der Waals surface area contributed by atoms with Gasteiger partial charge in [0.15, 0.2) is 0 Å². The van der Waals surface area contributed by atoms with E-state index < -0.39 is 0 Å². The van der Waals surface area contributed by atoms with Crippen LogP contribution in [0.2, 0.25) is 0 Å². The molecule has 0 aliphatic carbocycles. The predicted octanol–water partition coefficient (Wildman–Crippen LogP) is 4.79. The van der Waals surface area contributed by atoms with Crippen LogP contribution in [0.1, 0.15) is 12.0 Å². The molecular weight excluding hydrogens is 418 g/mol. The van der Waals surface area contributed by atoms with Crippen LogP contribution in [-0.2, 0) is 0 Å². The molecule has 166 valence electrons. The van der Waals surface area contributed by atoms with Crippen LogP contribution >= 0.6 is 0 Å². The van der Waals surface area contributed by atoms with Crippen LogP contribution in [0.5, 0.6) is 5.75 Å². The summed E-state index contributed by atoms with van der Waals surface area (Å²) in [6, 6.07) is 18.8. The maximum atomic E-state index is 12.7. The molecule has 1 saturated heterocycles. The second-order valence-corrected chi connectivity index (χ2v) is 7.93. The molecule has 33 heavy (non-hydrogen) atoms. The molecule has 5 rings (SSSR count). The Hall–Kier alpha value is -4.20. The van der Waals surface area contributed by atoms with Crippen LogP contribution < -0.4 is 10.1 Å². The number of amides is 2. The third-order valence-electron chi connectivity index (χ3n) is 5.48. The van der Waals surface area contributed by atoms with E-state index in [0.29, 0.717) is 36.1 Å². The summed E-state index contributed by atoms with van der Waals surface area (Å²) in [5.41, 5.74) is 3.42. The minimum absolute atomic E-state index is 0.126. The van der Waals surface area contributed by atoms with Crippen molar-refractivity contribution in [3.8, 4) is 28.6 Å². The van der Waals surface area contributed by atoms with Crippen molar-refractivity contribution in [3.63, 3.8) is 0 Å². The van der Waals surface area contributed by atoms with E-state index in [4.69, 9.17) is 9.26 Å². The Balaban J connectivity index is 1.27. The maximum absolute atomic E-state index is 12.7. The Morgan fingerprint density at radius 3 is 2.82 bits per heavy atom. The van der Waals surface area contributed by atoms with Gasteiger partial charge in [0.1, 0.15) is 11.9 Å². The van der Waals surface area contributed by atoms with Crippen molar-refractivity contribution in [2.75, 3.05) is 18.4 Å². The third kappa shape index (κ3) is 4.69. The van der Waals surface area contributed by atoms with Gasteiger partial charge in [-0.2, -0.15) is 4.98 Å². The number of hydrogen-bond acceptors (Lipinski definition) is 6. The number of benzene rings is 2. The number of aryl methyl sites for hydroxylation is 1. The van der Waals surface area contributed by atoms with Crippen molar-refractivity contribution < 1.29 is 14.1 Å². The summed E-state index contributed by atoms with van der Waals surface area (Å²) < 4.78 is 11.8. The second kappa shape index (κ2) is 9.12. The summed E-state index contributed by atoms with van der Waals surface area (Å²) in [7, 11) is 0. The van der Waals surface area contributed by atoms with Crippen LogP contribution in [0.4, 0.5) is 10.5 Å². The Morgan fingerprint density at radius 1 is 1.12 bits per heavy atom. The number of para-hydroxylation sites is 1. The number of carbonyl (C=O) groups is 1. The highest BCUT2D eigenvalue weighted by molar-refractivity contribution is 5.89. The number of pyridine rings is 1. The molecule has 1 atom stereocenters. The lowest BCUT2D eigenvalue weighted by Gasteiger charge is -2.18. The van der Waals surface area contributed by atoms with Crippen molar-refractivity contribution >= 4 is 11.7 Å². The van der Waals surface area contributed by atoms with E-state index in [-0.39, 0.29) is 12.1 Å². The highest BCUT2D eigenvalue weighted by atomic mass is 16.5. The lowest BCUT2D eigenvalue weighted by Crippen LogP contribution is -2.34. The SMILES string of the molecule is Cc1cccc(NC(=O)N2CCC(Oc3ccccc3-c3nc(-c4ccncc4)no3)C2)c1. The van der Waals surface area contributed by atoms with E-state index in [9.17, 15) is 4.79 Å². The molecule has 1 N–H and O–H groups in total. The normalized spacial score (nSPS) is 15.4. The number of anilines is 1. The molecule has 2 amide bonds. The smallest absolute Gasteiger partial charge is 0.321 e. The van der Waals surface area contributed by atoms with Gasteiger partial charge in [-0.15, -0.1) is 0 Å². The zero-order valence-corrected chi connectivity index (χ0v) is 18.1. The third-order valence-corrected chi connectivity index (χ3v) is 5.48. The van der Waals surface area contributed by atoms with Gasteiger partial charge in [-0.1, -0.05) is 29.4 Å². The number of nitrogens with zero attached hydrogens (tertiary/aromatic N) is 4. The van der Waals surface area contributed by atoms with Crippen LogP contribution in [0.15, 0.2) is 77.6 Å². The Labute approximate surface area is 191 Å². The Kier molecular flexibility index (Phi) is 5.72. The van der Waals surface area contributed by atoms with Crippen molar-refractivity contribution in [3.05, 3.63) is 78.6 Å². The zero-order valence-electron chi connectivity index (χ0n) is 18.1. The van der Waals surface area contributed by atoms with E-state index >= 15 is 0 Å². The summed E-state index contributed by atoms with van der Waals surface area (Å²) in [5, 5.41) is 7.04. The van der Waals surface area contributed by atoms with Gasteiger partial charge in [-0.3, -0.25) is 4.98 Å². The highest BCUT2D eigenvalue weighted by Crippen LogP contribution is 2.32. The number of ether oxygens (including phenoxy) is 1. The first kappa shape index (κ1) is 20.7. The largest absolute Gasteiger partial charge is 0.488 e. The molecule has 0 spiro atoms. The fourth-order valence-electron chi connectivity index (χ4n) is 3.81. The first-order valence-electron chi connectivity index (χ1n) is 10.8. The van der Waals surface area contributed by atoms with Gasteiger partial charge in [-0.05, 0) is 48.9 Å². The quantitative estimate of drug-likeness (QED) is 0.479. The van der Waals surface area contributed by atoms with Gasteiger partial charge in [0.05, 0.1) is 12.1 Å². The standard InChI is InChI=1S/C25H23N5O3/c1-17-5-4-6-19(15-17)27-25(31)30-14-11-20(16-30)32-22-8-3-2-7-21(22)24-28-23(29-33-24)18-9-12-26-13-10-18/h2-10,12-13,15,20H,11,14,16H2,1H3,(H,27,31). The molecule has 1 fully saturated rings. The summed E-state index contributed by atoms with van der Waals surface area (Å²) >= 11 is 0. The average molecular weight is 441 g/mol. The van der Waals surface area contributed by atoms with Gasteiger partial charge in [-0.25, -0.2) is 4.79 Å². The molecule has 2 aromatic heterocycles. The minimum Gasteiger partial charge on any atom is -0.488 e. The first-order valence-corrected chi connectivity index (χ1v) is 10.8. The van der Waals surface area contributed by atoms with Gasteiger partial charge < -0.3 is 19.5 Å². The molecule has 1 aliphatic rings. The molecule has 3 heterocycles. The van der Waals surface area contributed by atoms with Gasteiger partial charge in [0, 0.05) is 36.6 Å². The van der Waals surface area contributed by atoms with Gasteiger partial charge >= 0.3 is 6.03 Å². The lowest BCUT2D eigenvalue weighted by atomic mass is 10.2. The van der Waals surface area contributed by atoms with Crippen molar-refractivity contribution in [2.24, 2.45) is 0 Å². The molecule has 0 bridgehead atoms. The summed E-state index contributed by atoms with van der Waals surface area (Å²) in [6.07, 6.45) is 3.98. The van der Waals surface area contributed by atoms with Gasteiger partial charge in [0.25, 0.3) is 5.89 Å². The molecule has 8 heteroatoms. The number of aromatic nitrogens is 3. The van der Waals surface area contributed by atoms with Crippen LogP contribution in [0, 0.1) is 6.92 Å². The Bertz CT molecular complexity index is 1260. The van der Waals surface area contributed by atoms with E-state index in [1.54, 1.807) is 17.3 Å². The number of nitrogens with one attached hydrogen (secondary N) is 1. The molecule has 4 aromatic rings. The highest BCUT2D eigenvalue weighted by Gasteiger charge is 2.29. The van der Waals surface area contributed by atoms with Crippen LogP contribution in [-0.4, -0.2) is 45.2 Å². The fraction of sp³-hybridized carbons (Fsp3) is 0.200. The van der Waals surface area contributed by atoms with Crippen LogP contribution in [0.3, 0.4) is 0 Å². The number of rotatable bonds is 5. The molecular formula is C25H23N5O3. The zero-order chi connectivity index (χ0) is 22.6.